The van der Waals surface area contributed by atoms with Gasteiger partial charge in [-0.15, -0.1) is 0 Å². The van der Waals surface area contributed by atoms with E-state index < -0.39 is 11.9 Å². The van der Waals surface area contributed by atoms with Crippen molar-refractivity contribution in [3.05, 3.63) is 18.0 Å². The molecule has 0 aliphatic heterocycles. The van der Waals surface area contributed by atoms with Crippen LogP contribution in [0.5, 0.6) is 0 Å². The fourth-order valence-corrected chi connectivity index (χ4v) is 1.75. The Bertz CT molecular complexity index is 382. The first-order chi connectivity index (χ1) is 7.86. The van der Waals surface area contributed by atoms with Crippen LogP contribution in [-0.2, 0) is 6.18 Å². The Hall–Kier alpha value is -1.11. The highest BCUT2D eigenvalue weighted by molar-refractivity contribution is 7.98. The molecule has 0 atom stereocenters. The fraction of sp³-hybridized carbons (Fsp3) is 0.500. The number of nitrogens with two attached hydrogens (primary N) is 1. The summed E-state index contributed by atoms with van der Waals surface area (Å²) in [7, 11) is 1.71. The van der Waals surface area contributed by atoms with Crippen molar-refractivity contribution >= 4 is 23.1 Å². The molecule has 17 heavy (non-hydrogen) atoms. The highest BCUT2D eigenvalue weighted by atomic mass is 32.2. The predicted molar refractivity (Wildman–Crippen MR) is 65.3 cm³/mol. The van der Waals surface area contributed by atoms with Crippen LogP contribution < -0.4 is 10.6 Å². The SMILES string of the molecule is CSCCN(C)c1cc(C(F)(F)F)ncc1N. The standard InChI is InChI=1S/C10H14F3N3S/c1-16(3-4-17-2)8-5-9(10(11,12)13)15-6-7(8)14/h5-6H,3-4,14H2,1-2H3. The van der Waals surface area contributed by atoms with Crippen molar-refractivity contribution in [1.82, 2.24) is 4.98 Å². The summed E-state index contributed by atoms with van der Waals surface area (Å²) in [6.07, 6.45) is -1.46. The molecule has 0 saturated heterocycles. The van der Waals surface area contributed by atoms with E-state index in [1.807, 2.05) is 6.26 Å². The number of aromatic nitrogens is 1. The van der Waals surface area contributed by atoms with Gasteiger partial charge in [0.2, 0.25) is 0 Å². The van der Waals surface area contributed by atoms with Gasteiger partial charge in [-0.05, 0) is 12.3 Å². The molecule has 2 N–H and O–H groups in total. The molecule has 1 aromatic rings. The number of hydrogen-bond acceptors (Lipinski definition) is 4. The summed E-state index contributed by atoms with van der Waals surface area (Å²) in [4.78, 5) is 4.99. The quantitative estimate of drug-likeness (QED) is 0.908. The maximum Gasteiger partial charge on any atom is 0.433 e. The van der Waals surface area contributed by atoms with Gasteiger partial charge in [0.25, 0.3) is 0 Å². The number of halogens is 3. The topological polar surface area (TPSA) is 42.2 Å². The minimum absolute atomic E-state index is 0.251. The number of nitrogens with zero attached hydrogens (tertiary/aromatic N) is 2. The van der Waals surface area contributed by atoms with Gasteiger partial charge in [0.1, 0.15) is 5.69 Å². The third kappa shape index (κ3) is 3.69. The van der Waals surface area contributed by atoms with Crippen LogP contribution >= 0.6 is 11.8 Å². The Morgan fingerprint density at radius 2 is 2.12 bits per heavy atom. The predicted octanol–water partition coefficient (Wildman–Crippen LogP) is 2.48. The first-order valence-corrected chi connectivity index (χ1v) is 6.28. The van der Waals surface area contributed by atoms with Crippen LogP contribution in [0, 0.1) is 0 Å². The molecule has 0 bridgehead atoms. The van der Waals surface area contributed by atoms with E-state index in [9.17, 15) is 13.2 Å². The molecule has 1 heterocycles. The van der Waals surface area contributed by atoms with Gasteiger partial charge in [-0.1, -0.05) is 0 Å². The second-order valence-corrected chi connectivity index (χ2v) is 4.53. The van der Waals surface area contributed by atoms with E-state index in [2.05, 4.69) is 4.98 Å². The van der Waals surface area contributed by atoms with E-state index in [4.69, 9.17) is 5.73 Å². The molecular weight excluding hydrogens is 251 g/mol. The average Bonchev–Trinajstić information content (AvgIpc) is 2.24. The van der Waals surface area contributed by atoms with Gasteiger partial charge in [0, 0.05) is 19.3 Å². The monoisotopic (exact) mass is 265 g/mol. The maximum atomic E-state index is 12.5. The molecule has 3 nitrogen and oxygen atoms in total. The minimum Gasteiger partial charge on any atom is -0.396 e. The van der Waals surface area contributed by atoms with Gasteiger partial charge in [-0.2, -0.15) is 24.9 Å². The number of nitrogen functional groups attached to an aromatic ring is 1. The molecule has 0 saturated carbocycles. The van der Waals surface area contributed by atoms with E-state index in [1.165, 1.54) is 0 Å². The Morgan fingerprint density at radius 1 is 1.47 bits per heavy atom. The van der Waals surface area contributed by atoms with Gasteiger partial charge in [0.05, 0.1) is 17.6 Å². The molecule has 0 aliphatic rings. The van der Waals surface area contributed by atoms with E-state index in [0.717, 1.165) is 18.0 Å². The Balaban J connectivity index is 2.98. The van der Waals surface area contributed by atoms with Crippen molar-refractivity contribution in [2.45, 2.75) is 6.18 Å². The molecule has 96 valence electrons. The summed E-state index contributed by atoms with van der Waals surface area (Å²) >= 11 is 1.62. The summed E-state index contributed by atoms with van der Waals surface area (Å²) in [5.41, 5.74) is 5.32. The largest absolute Gasteiger partial charge is 0.433 e. The maximum absolute atomic E-state index is 12.5. The van der Waals surface area contributed by atoms with Gasteiger partial charge in [0.15, 0.2) is 0 Å². The van der Waals surface area contributed by atoms with Crippen molar-refractivity contribution < 1.29 is 13.2 Å². The van der Waals surface area contributed by atoms with Gasteiger partial charge in [-0.25, -0.2) is 4.98 Å². The van der Waals surface area contributed by atoms with E-state index in [0.29, 0.717) is 12.2 Å². The number of pyridine rings is 1. The molecule has 1 rings (SSSR count). The van der Waals surface area contributed by atoms with Crippen LogP contribution in [0.25, 0.3) is 0 Å². The van der Waals surface area contributed by atoms with Crippen molar-refractivity contribution in [3.63, 3.8) is 0 Å². The first-order valence-electron chi connectivity index (χ1n) is 4.89. The van der Waals surface area contributed by atoms with Gasteiger partial charge >= 0.3 is 6.18 Å². The lowest BCUT2D eigenvalue weighted by Crippen LogP contribution is -2.22. The van der Waals surface area contributed by atoms with Crippen molar-refractivity contribution in [2.75, 3.05) is 36.2 Å². The first kappa shape index (κ1) is 14.0. The van der Waals surface area contributed by atoms with Crippen LogP contribution in [-0.4, -0.2) is 30.6 Å². The summed E-state index contributed by atoms with van der Waals surface area (Å²) in [6, 6.07) is 0.982. The van der Waals surface area contributed by atoms with E-state index in [1.54, 1.807) is 23.7 Å². The zero-order valence-electron chi connectivity index (χ0n) is 9.58. The second kappa shape index (κ2) is 5.48. The Kier molecular flexibility index (Phi) is 4.50. The number of alkyl halides is 3. The van der Waals surface area contributed by atoms with Crippen LogP contribution in [0.15, 0.2) is 12.3 Å². The van der Waals surface area contributed by atoms with E-state index >= 15 is 0 Å². The summed E-state index contributed by atoms with van der Waals surface area (Å²) in [5.74, 6) is 0.819. The number of hydrogen-bond donors (Lipinski definition) is 1. The molecule has 0 aliphatic carbocycles. The highest BCUT2D eigenvalue weighted by Gasteiger charge is 2.33. The lowest BCUT2D eigenvalue weighted by Gasteiger charge is -2.21. The molecular formula is C10H14F3N3S. The number of thioether (sulfide) groups is 1. The zero-order valence-corrected chi connectivity index (χ0v) is 10.4. The molecule has 0 aromatic carbocycles. The summed E-state index contributed by atoms with van der Waals surface area (Å²) in [6.45, 7) is 0.632. The summed E-state index contributed by atoms with van der Waals surface area (Å²) < 4.78 is 37.5. The Labute approximate surface area is 102 Å². The Morgan fingerprint density at radius 3 is 2.65 bits per heavy atom. The molecule has 1 aromatic heterocycles. The van der Waals surface area contributed by atoms with Crippen LogP contribution in [0.3, 0.4) is 0 Å². The third-order valence-corrected chi connectivity index (χ3v) is 2.84. The third-order valence-electron chi connectivity index (χ3n) is 2.24. The van der Waals surface area contributed by atoms with Gasteiger partial charge < -0.3 is 10.6 Å². The van der Waals surface area contributed by atoms with Crippen molar-refractivity contribution in [3.8, 4) is 0 Å². The average molecular weight is 265 g/mol. The second-order valence-electron chi connectivity index (χ2n) is 3.54. The molecule has 7 heteroatoms. The van der Waals surface area contributed by atoms with Crippen LogP contribution in [0.4, 0.5) is 24.5 Å². The molecule has 0 unspecified atom stereocenters. The zero-order chi connectivity index (χ0) is 13.1. The normalized spacial score (nSPS) is 11.6. The van der Waals surface area contributed by atoms with E-state index in [-0.39, 0.29) is 5.69 Å². The molecule has 0 amide bonds. The van der Waals surface area contributed by atoms with Gasteiger partial charge in [-0.3, -0.25) is 0 Å². The van der Waals surface area contributed by atoms with Crippen molar-refractivity contribution in [1.29, 1.82) is 0 Å². The van der Waals surface area contributed by atoms with Crippen LogP contribution in [0.1, 0.15) is 5.69 Å². The smallest absolute Gasteiger partial charge is 0.396 e. The molecule has 0 radical (unpaired) electrons. The van der Waals surface area contributed by atoms with Crippen LogP contribution in [0.2, 0.25) is 0 Å². The lowest BCUT2D eigenvalue weighted by atomic mass is 10.2. The fourth-order valence-electron chi connectivity index (χ4n) is 1.29. The van der Waals surface area contributed by atoms with Crippen molar-refractivity contribution in [2.24, 2.45) is 0 Å². The molecule has 0 spiro atoms. The minimum atomic E-state index is -4.44. The summed E-state index contributed by atoms with van der Waals surface area (Å²) in [5, 5.41) is 0. The highest BCUT2D eigenvalue weighted by Crippen LogP contribution is 2.32. The number of rotatable bonds is 4. The lowest BCUT2D eigenvalue weighted by molar-refractivity contribution is -0.141. The molecule has 0 fully saturated rings. The number of anilines is 2.